The zero-order valence-corrected chi connectivity index (χ0v) is 7.99. The van der Waals surface area contributed by atoms with E-state index in [-0.39, 0.29) is 11.8 Å². The van der Waals surface area contributed by atoms with Crippen molar-refractivity contribution in [2.75, 3.05) is 6.54 Å². The second-order valence-corrected chi connectivity index (χ2v) is 3.80. The molecule has 0 saturated carbocycles. The van der Waals surface area contributed by atoms with Gasteiger partial charge in [0.1, 0.15) is 0 Å². The molecule has 4 N–H and O–H groups in total. The second kappa shape index (κ2) is 3.84. The van der Waals surface area contributed by atoms with E-state index in [9.17, 15) is 4.79 Å². The number of allylic oxidation sites excluding steroid dienone is 4. The molecule has 0 spiro atoms. The van der Waals surface area contributed by atoms with Crippen LogP contribution in [0.2, 0.25) is 0 Å². The summed E-state index contributed by atoms with van der Waals surface area (Å²) in [7, 11) is 0. The monoisotopic (exact) mass is 193 g/mol. The number of rotatable bonds is 1. The molecule has 1 heterocycles. The quantitative estimate of drug-likeness (QED) is 0.313. The molecule has 4 heteroatoms. The Labute approximate surface area is 83.2 Å². The number of carbonyl (C=O) groups excluding carboxylic acids is 1. The topological polar surface area (TPSA) is 67.1 Å². The van der Waals surface area contributed by atoms with Crippen molar-refractivity contribution in [1.82, 2.24) is 10.7 Å². The zero-order chi connectivity index (χ0) is 9.97. The van der Waals surface area contributed by atoms with Crippen LogP contribution in [0.3, 0.4) is 0 Å². The number of fused-ring (bicyclic) bond motifs is 1. The van der Waals surface area contributed by atoms with Gasteiger partial charge in [0.2, 0.25) is 5.91 Å². The third-order valence-electron chi connectivity index (χ3n) is 2.91. The standard InChI is InChI=1S/C10H15N3O/c11-13-10(14)8-5-7-3-1-2-4-9(7)12-6-8/h1-2,4,7-8,12H,3,5-6,11H2,(H,13,14). The predicted molar refractivity (Wildman–Crippen MR) is 53.8 cm³/mol. The van der Waals surface area contributed by atoms with Crippen molar-refractivity contribution in [1.29, 1.82) is 0 Å². The Kier molecular flexibility index (Phi) is 2.54. The minimum atomic E-state index is -0.0638. The van der Waals surface area contributed by atoms with Crippen LogP contribution < -0.4 is 16.6 Å². The van der Waals surface area contributed by atoms with Crippen LogP contribution in [-0.4, -0.2) is 12.5 Å². The first-order valence-electron chi connectivity index (χ1n) is 4.92. The van der Waals surface area contributed by atoms with Crippen molar-refractivity contribution < 1.29 is 4.79 Å². The van der Waals surface area contributed by atoms with Crippen LogP contribution in [0, 0.1) is 11.8 Å². The zero-order valence-electron chi connectivity index (χ0n) is 7.99. The van der Waals surface area contributed by atoms with E-state index < -0.39 is 0 Å². The maximum absolute atomic E-state index is 11.3. The molecule has 1 fully saturated rings. The van der Waals surface area contributed by atoms with Gasteiger partial charge >= 0.3 is 0 Å². The molecule has 0 aromatic rings. The van der Waals surface area contributed by atoms with E-state index in [0.29, 0.717) is 12.5 Å². The van der Waals surface area contributed by atoms with Gasteiger partial charge in [-0.3, -0.25) is 10.2 Å². The maximum Gasteiger partial charge on any atom is 0.238 e. The second-order valence-electron chi connectivity index (χ2n) is 3.80. The van der Waals surface area contributed by atoms with Crippen molar-refractivity contribution in [3.05, 3.63) is 23.9 Å². The van der Waals surface area contributed by atoms with Crippen LogP contribution in [0.15, 0.2) is 23.9 Å². The average Bonchev–Trinajstić information content (AvgIpc) is 2.27. The van der Waals surface area contributed by atoms with Crippen molar-refractivity contribution in [2.24, 2.45) is 17.7 Å². The molecule has 1 aliphatic carbocycles. The van der Waals surface area contributed by atoms with Gasteiger partial charge in [-0.2, -0.15) is 0 Å². The maximum atomic E-state index is 11.3. The van der Waals surface area contributed by atoms with Crippen molar-refractivity contribution in [3.8, 4) is 0 Å². The lowest BCUT2D eigenvalue weighted by molar-refractivity contribution is -0.125. The summed E-state index contributed by atoms with van der Waals surface area (Å²) in [4.78, 5) is 11.3. The lowest BCUT2D eigenvalue weighted by Gasteiger charge is -2.32. The largest absolute Gasteiger partial charge is 0.387 e. The Balaban J connectivity index is 2.02. The van der Waals surface area contributed by atoms with Gasteiger partial charge in [-0.1, -0.05) is 12.2 Å². The van der Waals surface area contributed by atoms with Crippen molar-refractivity contribution >= 4 is 5.91 Å². The van der Waals surface area contributed by atoms with Crippen LogP contribution >= 0.6 is 0 Å². The Bertz CT molecular complexity index is 296. The summed E-state index contributed by atoms with van der Waals surface area (Å²) in [6.07, 6.45) is 8.20. The lowest BCUT2D eigenvalue weighted by Crippen LogP contribution is -2.45. The number of carbonyl (C=O) groups is 1. The van der Waals surface area contributed by atoms with Crippen LogP contribution in [0.25, 0.3) is 0 Å². The number of hydrazine groups is 1. The molecule has 0 aromatic heterocycles. The average molecular weight is 193 g/mol. The molecule has 0 radical (unpaired) electrons. The first kappa shape index (κ1) is 9.27. The number of nitrogens with two attached hydrogens (primary N) is 1. The van der Waals surface area contributed by atoms with E-state index in [1.807, 2.05) is 0 Å². The van der Waals surface area contributed by atoms with E-state index in [4.69, 9.17) is 5.84 Å². The van der Waals surface area contributed by atoms with E-state index in [1.54, 1.807) is 0 Å². The van der Waals surface area contributed by atoms with Crippen LogP contribution in [0.4, 0.5) is 0 Å². The molecule has 1 saturated heterocycles. The van der Waals surface area contributed by atoms with Gasteiger partial charge in [0.05, 0.1) is 5.92 Å². The number of hydrogen-bond donors (Lipinski definition) is 3. The molecule has 2 unspecified atom stereocenters. The van der Waals surface area contributed by atoms with E-state index in [2.05, 4.69) is 29.0 Å². The molecule has 0 aromatic carbocycles. The van der Waals surface area contributed by atoms with Crippen LogP contribution in [0.5, 0.6) is 0 Å². The van der Waals surface area contributed by atoms with Gasteiger partial charge < -0.3 is 5.32 Å². The predicted octanol–water partition coefficient (Wildman–Crippen LogP) is 0.0458. The highest BCUT2D eigenvalue weighted by atomic mass is 16.2. The Morgan fingerprint density at radius 1 is 1.64 bits per heavy atom. The number of hydrogen-bond acceptors (Lipinski definition) is 3. The summed E-state index contributed by atoms with van der Waals surface area (Å²) in [5.74, 6) is 5.53. The first-order chi connectivity index (χ1) is 6.81. The van der Waals surface area contributed by atoms with Crippen LogP contribution in [0.1, 0.15) is 12.8 Å². The minimum Gasteiger partial charge on any atom is -0.387 e. The minimum absolute atomic E-state index is 0.00801. The smallest absolute Gasteiger partial charge is 0.238 e. The highest BCUT2D eigenvalue weighted by Crippen LogP contribution is 2.29. The Hall–Kier alpha value is -1.29. The van der Waals surface area contributed by atoms with Crippen LogP contribution in [-0.2, 0) is 4.79 Å². The number of piperidine rings is 1. The summed E-state index contributed by atoms with van der Waals surface area (Å²) >= 11 is 0. The van der Waals surface area contributed by atoms with E-state index in [1.165, 1.54) is 5.70 Å². The van der Waals surface area contributed by atoms with Crippen molar-refractivity contribution in [2.45, 2.75) is 12.8 Å². The highest BCUT2D eigenvalue weighted by molar-refractivity contribution is 5.78. The SMILES string of the molecule is NNC(=O)C1CNC2=CC=CCC2C1. The lowest BCUT2D eigenvalue weighted by atomic mass is 9.83. The molecule has 76 valence electrons. The summed E-state index contributed by atoms with van der Waals surface area (Å²) in [5, 5.41) is 3.28. The molecule has 0 bridgehead atoms. The summed E-state index contributed by atoms with van der Waals surface area (Å²) in [6, 6.07) is 0. The van der Waals surface area contributed by atoms with Gasteiger partial charge in [0.15, 0.2) is 0 Å². The summed E-state index contributed by atoms with van der Waals surface area (Å²) < 4.78 is 0. The molecule has 1 amide bonds. The van der Waals surface area contributed by atoms with Crippen molar-refractivity contribution in [3.63, 3.8) is 0 Å². The molecule has 4 nitrogen and oxygen atoms in total. The first-order valence-corrected chi connectivity index (χ1v) is 4.92. The molecular weight excluding hydrogens is 178 g/mol. The normalized spacial score (nSPS) is 29.9. The summed E-state index contributed by atoms with van der Waals surface area (Å²) in [6.45, 7) is 0.694. The van der Waals surface area contributed by atoms with Gasteiger partial charge in [0.25, 0.3) is 0 Å². The molecule has 14 heavy (non-hydrogen) atoms. The Morgan fingerprint density at radius 2 is 2.50 bits per heavy atom. The highest BCUT2D eigenvalue weighted by Gasteiger charge is 2.29. The Morgan fingerprint density at radius 3 is 3.29 bits per heavy atom. The number of amides is 1. The number of nitrogens with one attached hydrogen (secondary N) is 2. The third-order valence-corrected chi connectivity index (χ3v) is 2.91. The molecule has 2 aliphatic rings. The molecule has 1 aliphatic heterocycles. The van der Waals surface area contributed by atoms with E-state index in [0.717, 1.165) is 12.8 Å². The fourth-order valence-electron chi connectivity index (χ4n) is 2.09. The molecule has 2 atom stereocenters. The van der Waals surface area contributed by atoms with Gasteiger partial charge in [-0.05, 0) is 18.9 Å². The third kappa shape index (κ3) is 1.65. The fourth-order valence-corrected chi connectivity index (χ4v) is 2.09. The van der Waals surface area contributed by atoms with Gasteiger partial charge in [0, 0.05) is 18.2 Å². The van der Waals surface area contributed by atoms with Gasteiger partial charge in [-0.25, -0.2) is 5.84 Å². The van der Waals surface area contributed by atoms with E-state index >= 15 is 0 Å². The molecule has 2 rings (SSSR count). The van der Waals surface area contributed by atoms with Gasteiger partial charge in [-0.15, -0.1) is 0 Å². The fraction of sp³-hybridized carbons (Fsp3) is 0.500. The summed E-state index contributed by atoms with van der Waals surface area (Å²) in [5.41, 5.74) is 3.47. The molecular formula is C10H15N3O.